The van der Waals surface area contributed by atoms with E-state index >= 15 is 0 Å². The zero-order valence-corrected chi connectivity index (χ0v) is 16.8. The highest BCUT2D eigenvalue weighted by molar-refractivity contribution is 7.93. The summed E-state index contributed by atoms with van der Waals surface area (Å²) < 4.78 is 34.0. The second-order valence-electron chi connectivity index (χ2n) is 6.28. The molecule has 29 heavy (non-hydrogen) atoms. The lowest BCUT2D eigenvalue weighted by Crippen LogP contribution is -2.20. The van der Waals surface area contributed by atoms with Gasteiger partial charge in [0.05, 0.1) is 12.8 Å². The third-order valence-electron chi connectivity index (χ3n) is 4.37. The summed E-state index contributed by atoms with van der Waals surface area (Å²) in [5.74, 6) is 0.661. The van der Waals surface area contributed by atoms with Gasteiger partial charge in [-0.1, -0.05) is 48.6 Å². The lowest BCUT2D eigenvalue weighted by Gasteiger charge is -2.17. The predicted octanol–water partition coefficient (Wildman–Crippen LogP) is 4.93. The van der Waals surface area contributed by atoms with Gasteiger partial charge in [0.25, 0.3) is 0 Å². The molecule has 0 radical (unpaired) electrons. The van der Waals surface area contributed by atoms with Crippen molar-refractivity contribution in [1.29, 1.82) is 0 Å². The third kappa shape index (κ3) is 5.12. The Morgan fingerprint density at radius 3 is 2.34 bits per heavy atom. The molecule has 0 saturated carbocycles. The van der Waals surface area contributed by atoms with Gasteiger partial charge in [0.15, 0.2) is 0 Å². The molecule has 0 spiro atoms. The van der Waals surface area contributed by atoms with Crippen molar-refractivity contribution in [2.24, 2.45) is 0 Å². The highest BCUT2D eigenvalue weighted by atomic mass is 32.2. The Balaban J connectivity index is 1.87. The largest absolute Gasteiger partial charge is 0.497 e. The van der Waals surface area contributed by atoms with Gasteiger partial charge in [0.1, 0.15) is 11.0 Å². The van der Waals surface area contributed by atoms with Crippen LogP contribution in [0.4, 0.5) is 5.69 Å². The molecular weight excluding hydrogens is 384 g/mol. The van der Waals surface area contributed by atoms with Crippen LogP contribution in [-0.4, -0.2) is 20.5 Å². The first kappa shape index (κ1) is 20.4. The summed E-state index contributed by atoms with van der Waals surface area (Å²) in [5.41, 5.74) is 2.83. The molecule has 148 valence electrons. The quantitative estimate of drug-likeness (QED) is 0.539. The van der Waals surface area contributed by atoms with E-state index in [1.807, 2.05) is 36.4 Å². The fourth-order valence-corrected chi connectivity index (χ4v) is 4.24. The Bertz CT molecular complexity index is 1090. The van der Waals surface area contributed by atoms with Gasteiger partial charge >= 0.3 is 0 Å². The zero-order valence-electron chi connectivity index (χ0n) is 16.0. The first-order chi connectivity index (χ1) is 14.0. The van der Waals surface area contributed by atoms with Crippen molar-refractivity contribution in [3.63, 3.8) is 0 Å². The van der Waals surface area contributed by atoms with Crippen LogP contribution >= 0.6 is 0 Å². The predicted molar refractivity (Wildman–Crippen MR) is 118 cm³/mol. The molecule has 1 N–H and O–H groups in total. The molecule has 3 aromatic rings. The smallest absolute Gasteiger partial charge is 0.243 e. The van der Waals surface area contributed by atoms with E-state index in [4.69, 9.17) is 4.74 Å². The van der Waals surface area contributed by atoms with Crippen LogP contribution in [0.25, 0.3) is 12.2 Å². The molecule has 1 unspecified atom stereocenters. The minimum Gasteiger partial charge on any atom is -0.497 e. The van der Waals surface area contributed by atoms with Gasteiger partial charge in [0.2, 0.25) is 10.0 Å². The van der Waals surface area contributed by atoms with Crippen LogP contribution in [0, 0.1) is 0 Å². The number of methoxy groups -OCH3 is 1. The number of ether oxygens (including phenoxy) is 1. The lowest BCUT2D eigenvalue weighted by atomic mass is 10.1. The number of pyridine rings is 1. The van der Waals surface area contributed by atoms with Gasteiger partial charge in [-0.25, -0.2) is 8.42 Å². The standard InChI is InChI=1S/C23H22N2O3S/c1-3-23(20-10-12-21(28-2)13-11-20)29(26,27)25-22-7-5-4-6-19(22)9-8-18-14-16-24-17-15-18/h3-17,23,25H,1H2,2H3. The average molecular weight is 407 g/mol. The molecule has 6 heteroatoms. The zero-order chi connectivity index (χ0) is 20.7. The van der Waals surface area contributed by atoms with Gasteiger partial charge in [-0.05, 0) is 47.0 Å². The molecule has 3 rings (SSSR count). The SMILES string of the molecule is C=CC(c1ccc(OC)cc1)S(=O)(=O)Nc1ccccc1C=Cc1ccncc1. The number of rotatable bonds is 8. The van der Waals surface area contributed by atoms with Gasteiger partial charge in [-0.3, -0.25) is 9.71 Å². The van der Waals surface area contributed by atoms with Crippen molar-refractivity contribution < 1.29 is 13.2 Å². The average Bonchev–Trinajstić information content (AvgIpc) is 2.74. The molecule has 1 atom stereocenters. The van der Waals surface area contributed by atoms with Crippen molar-refractivity contribution in [2.45, 2.75) is 5.25 Å². The molecule has 1 heterocycles. The molecule has 0 amide bonds. The van der Waals surface area contributed by atoms with Gasteiger partial charge < -0.3 is 4.74 Å². The van der Waals surface area contributed by atoms with Gasteiger partial charge in [-0.15, -0.1) is 6.58 Å². The molecule has 0 aliphatic rings. The number of aromatic nitrogens is 1. The van der Waals surface area contributed by atoms with E-state index in [9.17, 15) is 8.42 Å². The Hall–Kier alpha value is -3.38. The molecule has 0 aliphatic carbocycles. The highest BCUT2D eigenvalue weighted by Gasteiger charge is 2.25. The number of anilines is 1. The Morgan fingerprint density at radius 2 is 1.69 bits per heavy atom. The summed E-state index contributed by atoms with van der Waals surface area (Å²) in [5, 5.41) is -0.898. The molecule has 0 aliphatic heterocycles. The Morgan fingerprint density at radius 1 is 1.00 bits per heavy atom. The summed E-state index contributed by atoms with van der Waals surface area (Å²) >= 11 is 0. The maximum Gasteiger partial charge on any atom is 0.243 e. The number of hydrogen-bond acceptors (Lipinski definition) is 4. The van der Waals surface area contributed by atoms with E-state index in [1.165, 1.54) is 6.08 Å². The summed E-state index contributed by atoms with van der Waals surface area (Å²) in [6, 6.07) is 17.9. The van der Waals surface area contributed by atoms with Crippen LogP contribution in [0.15, 0.2) is 85.7 Å². The highest BCUT2D eigenvalue weighted by Crippen LogP contribution is 2.29. The topological polar surface area (TPSA) is 68.3 Å². The fraction of sp³-hybridized carbons (Fsp3) is 0.0870. The van der Waals surface area contributed by atoms with Gasteiger partial charge in [0, 0.05) is 12.4 Å². The van der Waals surface area contributed by atoms with Crippen LogP contribution in [0.2, 0.25) is 0 Å². The molecule has 0 fully saturated rings. The van der Waals surface area contributed by atoms with Crippen LogP contribution in [0.5, 0.6) is 5.75 Å². The van der Waals surface area contributed by atoms with Crippen molar-refractivity contribution in [1.82, 2.24) is 4.98 Å². The van der Waals surface area contributed by atoms with Crippen LogP contribution < -0.4 is 9.46 Å². The molecule has 5 nitrogen and oxygen atoms in total. The fourth-order valence-electron chi connectivity index (χ4n) is 2.85. The summed E-state index contributed by atoms with van der Waals surface area (Å²) in [6.07, 6.45) is 8.60. The van der Waals surface area contributed by atoms with E-state index in [1.54, 1.807) is 55.9 Å². The second-order valence-corrected chi connectivity index (χ2v) is 8.08. The molecule has 0 saturated heterocycles. The molecule has 1 aromatic heterocycles. The maximum atomic E-state index is 13.1. The van der Waals surface area contributed by atoms with Crippen molar-refractivity contribution in [2.75, 3.05) is 11.8 Å². The van der Waals surface area contributed by atoms with Crippen molar-refractivity contribution in [3.8, 4) is 5.75 Å². The first-order valence-corrected chi connectivity index (χ1v) is 10.5. The normalized spacial score (nSPS) is 12.4. The monoisotopic (exact) mass is 406 g/mol. The van der Waals surface area contributed by atoms with E-state index in [-0.39, 0.29) is 0 Å². The third-order valence-corrected chi connectivity index (χ3v) is 6.00. The molecule has 0 bridgehead atoms. The number of hydrogen-bond donors (Lipinski definition) is 1. The summed E-state index contributed by atoms with van der Waals surface area (Å²) in [7, 11) is -2.19. The summed E-state index contributed by atoms with van der Waals surface area (Å²) in [6.45, 7) is 3.72. The number of para-hydroxylation sites is 1. The first-order valence-electron chi connectivity index (χ1n) is 8.99. The van der Waals surface area contributed by atoms with E-state index in [0.717, 1.165) is 11.1 Å². The molecule has 2 aromatic carbocycles. The minimum atomic E-state index is -3.76. The maximum absolute atomic E-state index is 13.1. The number of benzene rings is 2. The van der Waals surface area contributed by atoms with Crippen molar-refractivity contribution in [3.05, 3.63) is 102 Å². The summed E-state index contributed by atoms with van der Waals surface area (Å²) in [4.78, 5) is 3.99. The number of nitrogens with zero attached hydrogens (tertiary/aromatic N) is 1. The molecular formula is C23H22N2O3S. The van der Waals surface area contributed by atoms with Crippen LogP contribution in [-0.2, 0) is 10.0 Å². The van der Waals surface area contributed by atoms with Gasteiger partial charge in [-0.2, -0.15) is 0 Å². The van der Waals surface area contributed by atoms with Crippen LogP contribution in [0.1, 0.15) is 21.9 Å². The minimum absolute atomic E-state index is 0.498. The second kappa shape index (κ2) is 9.21. The van der Waals surface area contributed by atoms with Crippen molar-refractivity contribution >= 4 is 27.9 Å². The Kier molecular flexibility index (Phi) is 6.46. The van der Waals surface area contributed by atoms with E-state index in [0.29, 0.717) is 17.0 Å². The Labute approximate surface area is 171 Å². The van der Waals surface area contributed by atoms with Crippen LogP contribution in [0.3, 0.4) is 0 Å². The lowest BCUT2D eigenvalue weighted by molar-refractivity contribution is 0.414. The van der Waals surface area contributed by atoms with E-state index < -0.39 is 15.3 Å². The van der Waals surface area contributed by atoms with E-state index in [2.05, 4.69) is 16.3 Å². The number of sulfonamides is 1. The number of nitrogens with one attached hydrogen (secondary N) is 1.